The van der Waals surface area contributed by atoms with Gasteiger partial charge in [0.05, 0.1) is 10.4 Å². The third kappa shape index (κ3) is 1.71. The van der Waals surface area contributed by atoms with Crippen molar-refractivity contribution in [2.24, 2.45) is 0 Å². The van der Waals surface area contributed by atoms with Crippen LogP contribution in [0.4, 0.5) is 8.78 Å². The summed E-state index contributed by atoms with van der Waals surface area (Å²) in [4.78, 5) is 0. The summed E-state index contributed by atoms with van der Waals surface area (Å²) in [6, 6.07) is 2.87. The first-order valence-corrected chi connectivity index (χ1v) is 4.18. The molecule has 0 nitrogen and oxygen atoms in total. The Kier molecular flexibility index (Phi) is 2.84. The molecule has 0 aromatic heterocycles. The Hall–Kier alpha value is -0.150. The molecule has 0 heterocycles. The fourth-order valence-corrected chi connectivity index (χ4v) is 1.18. The van der Waals surface area contributed by atoms with E-state index < -0.39 is 11.6 Å². The summed E-state index contributed by atoms with van der Waals surface area (Å²) in [5.41, 5.74) is 0.173. The van der Waals surface area contributed by atoms with Gasteiger partial charge in [-0.2, -0.15) is 0 Å². The van der Waals surface area contributed by atoms with Crippen LogP contribution in [0.5, 0.6) is 0 Å². The quantitative estimate of drug-likeness (QED) is 0.522. The van der Waals surface area contributed by atoms with Gasteiger partial charge < -0.3 is 0 Å². The Morgan fingerprint density at radius 1 is 1.27 bits per heavy atom. The van der Waals surface area contributed by atoms with Gasteiger partial charge in [-0.1, -0.05) is 6.07 Å². The second kappa shape index (κ2) is 3.50. The molecule has 4 heteroatoms. The van der Waals surface area contributed by atoms with Crippen LogP contribution in [0.15, 0.2) is 16.6 Å². The minimum absolute atomic E-state index is 0.0178. The van der Waals surface area contributed by atoms with Gasteiger partial charge in [0.2, 0.25) is 0 Å². The highest BCUT2D eigenvalue weighted by molar-refractivity contribution is 9.10. The van der Waals surface area contributed by atoms with Crippen molar-refractivity contribution in [2.45, 2.75) is 5.88 Å². The number of rotatable bonds is 1. The van der Waals surface area contributed by atoms with Crippen LogP contribution in [0.2, 0.25) is 0 Å². The fraction of sp³-hybridized carbons (Fsp3) is 0.143. The van der Waals surface area contributed by atoms with Crippen LogP contribution in [0.25, 0.3) is 0 Å². The predicted molar refractivity (Wildman–Crippen MR) is 43.6 cm³/mol. The molecule has 0 aliphatic rings. The van der Waals surface area contributed by atoms with Crippen molar-refractivity contribution in [3.63, 3.8) is 0 Å². The second-order valence-electron chi connectivity index (χ2n) is 1.97. The van der Waals surface area contributed by atoms with Crippen LogP contribution >= 0.6 is 27.5 Å². The maximum Gasteiger partial charge on any atom is 0.173 e. The van der Waals surface area contributed by atoms with E-state index in [9.17, 15) is 8.78 Å². The monoisotopic (exact) mass is 240 g/mol. The number of hydrogen-bond acceptors (Lipinski definition) is 0. The molecule has 0 spiro atoms. The maximum absolute atomic E-state index is 12.8. The molecule has 0 fully saturated rings. The summed E-state index contributed by atoms with van der Waals surface area (Å²) in [5, 5.41) is 0. The molecule has 0 radical (unpaired) electrons. The molecule has 0 amide bonds. The lowest BCUT2D eigenvalue weighted by Gasteiger charge is -2.00. The van der Waals surface area contributed by atoms with Crippen molar-refractivity contribution in [1.82, 2.24) is 0 Å². The van der Waals surface area contributed by atoms with Crippen molar-refractivity contribution in [3.8, 4) is 0 Å². The molecule has 11 heavy (non-hydrogen) atoms. The molecular formula is C7H4BrClF2. The van der Waals surface area contributed by atoms with Gasteiger partial charge in [0, 0.05) is 5.56 Å². The van der Waals surface area contributed by atoms with Crippen molar-refractivity contribution in [2.75, 3.05) is 0 Å². The lowest BCUT2D eigenvalue weighted by atomic mass is 10.2. The first-order valence-electron chi connectivity index (χ1n) is 2.85. The van der Waals surface area contributed by atoms with Gasteiger partial charge in [-0.15, -0.1) is 11.6 Å². The third-order valence-electron chi connectivity index (χ3n) is 1.26. The third-order valence-corrected chi connectivity index (χ3v) is 2.16. The highest BCUT2D eigenvalue weighted by Crippen LogP contribution is 2.21. The smallest absolute Gasteiger partial charge is 0.173 e. The van der Waals surface area contributed by atoms with Crippen LogP contribution in [0.1, 0.15) is 5.56 Å². The summed E-state index contributed by atoms with van der Waals surface area (Å²) in [6.07, 6.45) is 0. The van der Waals surface area contributed by atoms with E-state index >= 15 is 0 Å². The molecule has 0 aliphatic heterocycles. The van der Waals surface area contributed by atoms with E-state index in [0.717, 1.165) is 0 Å². The first kappa shape index (κ1) is 8.94. The molecular weight excluding hydrogens is 237 g/mol. The van der Waals surface area contributed by atoms with Gasteiger partial charge in [0.25, 0.3) is 0 Å². The summed E-state index contributed by atoms with van der Waals surface area (Å²) in [7, 11) is 0. The minimum Gasteiger partial charge on any atom is -0.203 e. The molecule has 0 saturated heterocycles. The van der Waals surface area contributed by atoms with Crippen molar-refractivity contribution >= 4 is 27.5 Å². The zero-order valence-electron chi connectivity index (χ0n) is 5.37. The zero-order valence-corrected chi connectivity index (χ0v) is 7.72. The van der Waals surface area contributed by atoms with Gasteiger partial charge in [-0.25, -0.2) is 8.78 Å². The van der Waals surface area contributed by atoms with Gasteiger partial charge in [-0.05, 0) is 22.0 Å². The van der Waals surface area contributed by atoms with Gasteiger partial charge in [0.1, 0.15) is 0 Å². The highest BCUT2D eigenvalue weighted by atomic mass is 79.9. The molecule has 60 valence electrons. The van der Waals surface area contributed by atoms with Gasteiger partial charge in [0.15, 0.2) is 11.6 Å². The lowest BCUT2D eigenvalue weighted by molar-refractivity contribution is 0.498. The number of halogens is 4. The van der Waals surface area contributed by atoms with Gasteiger partial charge >= 0.3 is 0 Å². The molecule has 1 rings (SSSR count). The maximum atomic E-state index is 12.8. The van der Waals surface area contributed by atoms with E-state index in [2.05, 4.69) is 15.9 Å². The van der Waals surface area contributed by atoms with Crippen molar-refractivity contribution in [1.29, 1.82) is 0 Å². The summed E-state index contributed by atoms with van der Waals surface area (Å²) in [5.74, 6) is -1.78. The number of benzene rings is 1. The van der Waals surface area contributed by atoms with Crippen LogP contribution < -0.4 is 0 Å². The molecule has 0 bridgehead atoms. The SMILES string of the molecule is Fc1c(Br)ccc(CCl)c1F. The minimum atomic E-state index is -0.886. The van der Waals surface area contributed by atoms with Crippen LogP contribution in [0.3, 0.4) is 0 Å². The Morgan fingerprint density at radius 2 is 1.91 bits per heavy atom. The van der Waals surface area contributed by atoms with Crippen LogP contribution in [-0.2, 0) is 5.88 Å². The molecule has 0 saturated carbocycles. The van der Waals surface area contributed by atoms with Crippen LogP contribution in [0, 0.1) is 11.6 Å². The highest BCUT2D eigenvalue weighted by Gasteiger charge is 2.09. The normalized spacial score (nSPS) is 10.2. The van der Waals surface area contributed by atoms with E-state index in [1.807, 2.05) is 0 Å². The van der Waals surface area contributed by atoms with E-state index in [1.165, 1.54) is 12.1 Å². The molecule has 0 atom stereocenters. The Labute approximate surface area is 76.3 Å². The standard InChI is InChI=1S/C7H4BrClF2/c8-5-2-1-4(3-9)6(10)7(5)11/h1-2H,3H2. The molecule has 0 unspecified atom stereocenters. The first-order chi connectivity index (χ1) is 5.16. The van der Waals surface area contributed by atoms with E-state index in [4.69, 9.17) is 11.6 Å². The zero-order chi connectivity index (χ0) is 8.43. The lowest BCUT2D eigenvalue weighted by Crippen LogP contribution is -1.91. The summed E-state index contributed by atoms with van der Waals surface area (Å²) in [6.45, 7) is 0. The summed E-state index contributed by atoms with van der Waals surface area (Å²) >= 11 is 8.19. The van der Waals surface area contributed by atoms with E-state index in [1.54, 1.807) is 0 Å². The Morgan fingerprint density at radius 3 is 2.45 bits per heavy atom. The van der Waals surface area contributed by atoms with Gasteiger partial charge in [-0.3, -0.25) is 0 Å². The molecule has 0 N–H and O–H groups in total. The van der Waals surface area contributed by atoms with Crippen LogP contribution in [-0.4, -0.2) is 0 Å². The predicted octanol–water partition coefficient (Wildman–Crippen LogP) is 3.47. The Balaban J connectivity index is 3.25. The fourth-order valence-electron chi connectivity index (χ4n) is 0.669. The summed E-state index contributed by atoms with van der Waals surface area (Å²) < 4.78 is 25.6. The molecule has 1 aromatic carbocycles. The number of alkyl halides is 1. The second-order valence-corrected chi connectivity index (χ2v) is 3.09. The average Bonchev–Trinajstić information content (AvgIpc) is 2.01. The average molecular weight is 241 g/mol. The topological polar surface area (TPSA) is 0 Å². The molecule has 0 aliphatic carbocycles. The van der Waals surface area contributed by atoms with Crippen molar-refractivity contribution < 1.29 is 8.78 Å². The van der Waals surface area contributed by atoms with E-state index in [0.29, 0.717) is 0 Å². The van der Waals surface area contributed by atoms with Crippen molar-refractivity contribution in [3.05, 3.63) is 33.8 Å². The Bertz CT molecular complexity index is 275. The molecule has 1 aromatic rings. The number of hydrogen-bond donors (Lipinski definition) is 0. The van der Waals surface area contributed by atoms with E-state index in [-0.39, 0.29) is 15.9 Å². The largest absolute Gasteiger partial charge is 0.203 e.